The fraction of sp³-hybridized carbons (Fsp3) is 0.714. The van der Waals surface area contributed by atoms with Crippen molar-refractivity contribution in [3.63, 3.8) is 0 Å². The second-order valence-electron chi connectivity index (χ2n) is 5.32. The van der Waals surface area contributed by atoms with Crippen LogP contribution in [0.3, 0.4) is 0 Å². The number of carbonyl (C=O) groups is 2. The monoisotopic (exact) mass is 253 g/mol. The SMILES string of the molecule is CCC1CC(C(=O)O)C(C(=O)NCC=C(C)C)C1. The molecule has 1 aliphatic carbocycles. The zero-order chi connectivity index (χ0) is 13.7. The molecule has 3 unspecified atom stereocenters. The Bertz CT molecular complexity index is 345. The van der Waals surface area contributed by atoms with Crippen molar-refractivity contribution < 1.29 is 14.7 Å². The topological polar surface area (TPSA) is 66.4 Å². The first kappa shape index (κ1) is 14.7. The molecule has 0 heterocycles. The summed E-state index contributed by atoms with van der Waals surface area (Å²) in [6.07, 6.45) is 4.21. The number of carbonyl (C=O) groups excluding carboxylic acids is 1. The summed E-state index contributed by atoms with van der Waals surface area (Å²) in [5, 5.41) is 12.0. The molecule has 1 rings (SSSR count). The molecule has 0 bridgehead atoms. The maximum Gasteiger partial charge on any atom is 0.307 e. The molecular formula is C14H23NO3. The van der Waals surface area contributed by atoms with Gasteiger partial charge in [-0.25, -0.2) is 0 Å². The summed E-state index contributed by atoms with van der Waals surface area (Å²) in [6, 6.07) is 0. The Morgan fingerprint density at radius 2 is 1.89 bits per heavy atom. The van der Waals surface area contributed by atoms with Crippen molar-refractivity contribution in [1.82, 2.24) is 5.32 Å². The fourth-order valence-electron chi connectivity index (χ4n) is 2.53. The highest BCUT2D eigenvalue weighted by Gasteiger charge is 2.41. The maximum atomic E-state index is 12.0. The summed E-state index contributed by atoms with van der Waals surface area (Å²) in [7, 11) is 0. The lowest BCUT2D eigenvalue weighted by molar-refractivity contribution is -0.146. The number of carboxylic acid groups (broad SMARTS) is 1. The van der Waals surface area contributed by atoms with Crippen LogP contribution in [0, 0.1) is 17.8 Å². The van der Waals surface area contributed by atoms with E-state index in [2.05, 4.69) is 5.32 Å². The van der Waals surface area contributed by atoms with E-state index in [0.717, 1.165) is 12.0 Å². The van der Waals surface area contributed by atoms with Crippen molar-refractivity contribution in [2.45, 2.75) is 40.0 Å². The molecule has 1 amide bonds. The van der Waals surface area contributed by atoms with Gasteiger partial charge in [0, 0.05) is 6.54 Å². The predicted octanol–water partition coefficient (Wildman–Crippen LogP) is 2.21. The number of nitrogens with one attached hydrogen (secondary N) is 1. The highest BCUT2D eigenvalue weighted by atomic mass is 16.4. The van der Waals surface area contributed by atoms with Crippen molar-refractivity contribution in [1.29, 1.82) is 0 Å². The average Bonchev–Trinajstić information content (AvgIpc) is 2.72. The van der Waals surface area contributed by atoms with Crippen LogP contribution in [0.25, 0.3) is 0 Å². The van der Waals surface area contributed by atoms with Gasteiger partial charge in [0.05, 0.1) is 11.8 Å². The molecule has 0 aromatic carbocycles. The van der Waals surface area contributed by atoms with Crippen LogP contribution in [-0.2, 0) is 9.59 Å². The second kappa shape index (κ2) is 6.57. The minimum atomic E-state index is -0.840. The Morgan fingerprint density at radius 3 is 2.39 bits per heavy atom. The summed E-state index contributed by atoms with van der Waals surface area (Å²) in [4.78, 5) is 23.2. The van der Waals surface area contributed by atoms with Gasteiger partial charge in [0.15, 0.2) is 0 Å². The molecule has 2 N–H and O–H groups in total. The van der Waals surface area contributed by atoms with E-state index < -0.39 is 11.9 Å². The quantitative estimate of drug-likeness (QED) is 0.738. The van der Waals surface area contributed by atoms with E-state index >= 15 is 0 Å². The molecule has 0 saturated heterocycles. The number of rotatable bonds is 5. The maximum absolute atomic E-state index is 12.0. The van der Waals surface area contributed by atoms with E-state index in [1.807, 2.05) is 26.8 Å². The fourth-order valence-corrected chi connectivity index (χ4v) is 2.53. The third kappa shape index (κ3) is 3.86. The standard InChI is InChI=1S/C14H23NO3/c1-4-10-7-11(12(8-10)14(17)18)13(16)15-6-5-9(2)3/h5,10-12H,4,6-8H2,1-3H3,(H,15,16)(H,17,18). The molecule has 0 aromatic rings. The molecule has 0 aromatic heterocycles. The van der Waals surface area contributed by atoms with E-state index in [1.54, 1.807) is 0 Å². The lowest BCUT2D eigenvalue weighted by Crippen LogP contribution is -2.35. The third-order valence-electron chi connectivity index (χ3n) is 3.68. The van der Waals surface area contributed by atoms with Gasteiger partial charge in [-0.05, 0) is 32.6 Å². The van der Waals surface area contributed by atoms with Gasteiger partial charge in [0.2, 0.25) is 5.91 Å². The van der Waals surface area contributed by atoms with E-state index in [9.17, 15) is 9.59 Å². The zero-order valence-electron chi connectivity index (χ0n) is 11.4. The van der Waals surface area contributed by atoms with E-state index in [0.29, 0.717) is 25.3 Å². The molecule has 102 valence electrons. The largest absolute Gasteiger partial charge is 0.481 e. The van der Waals surface area contributed by atoms with Crippen molar-refractivity contribution >= 4 is 11.9 Å². The minimum Gasteiger partial charge on any atom is -0.481 e. The van der Waals surface area contributed by atoms with Crippen LogP contribution >= 0.6 is 0 Å². The van der Waals surface area contributed by atoms with Crippen LogP contribution in [0.5, 0.6) is 0 Å². The molecule has 3 atom stereocenters. The molecule has 4 nitrogen and oxygen atoms in total. The number of allylic oxidation sites excluding steroid dienone is 1. The average molecular weight is 253 g/mol. The van der Waals surface area contributed by atoms with Crippen LogP contribution < -0.4 is 5.32 Å². The van der Waals surface area contributed by atoms with Crippen molar-refractivity contribution in [2.24, 2.45) is 17.8 Å². The molecule has 1 fully saturated rings. The lowest BCUT2D eigenvalue weighted by atomic mass is 9.95. The first-order chi connectivity index (χ1) is 8.45. The zero-order valence-corrected chi connectivity index (χ0v) is 11.4. The molecule has 1 aliphatic rings. The minimum absolute atomic E-state index is 0.115. The normalized spacial score (nSPS) is 26.7. The van der Waals surface area contributed by atoms with E-state index in [-0.39, 0.29) is 11.8 Å². The lowest BCUT2D eigenvalue weighted by Gasteiger charge is -2.14. The van der Waals surface area contributed by atoms with Gasteiger partial charge in [0.25, 0.3) is 0 Å². The summed E-state index contributed by atoms with van der Waals surface area (Å²) < 4.78 is 0. The molecule has 1 saturated carbocycles. The van der Waals surface area contributed by atoms with Crippen LogP contribution in [0.15, 0.2) is 11.6 Å². The Labute approximate surface area is 108 Å². The number of carboxylic acids is 1. The highest BCUT2D eigenvalue weighted by molar-refractivity contribution is 5.85. The molecular weight excluding hydrogens is 230 g/mol. The smallest absolute Gasteiger partial charge is 0.307 e. The van der Waals surface area contributed by atoms with Gasteiger partial charge < -0.3 is 10.4 Å². The number of aliphatic carboxylic acids is 1. The Kier molecular flexibility index (Phi) is 5.38. The van der Waals surface area contributed by atoms with E-state index in [4.69, 9.17) is 5.11 Å². The van der Waals surface area contributed by atoms with Crippen LogP contribution in [0.4, 0.5) is 0 Å². The highest BCUT2D eigenvalue weighted by Crippen LogP contribution is 2.38. The Hall–Kier alpha value is -1.32. The van der Waals surface area contributed by atoms with Gasteiger partial charge in [-0.1, -0.05) is 25.0 Å². The Morgan fingerprint density at radius 1 is 1.28 bits per heavy atom. The molecule has 4 heteroatoms. The molecule has 18 heavy (non-hydrogen) atoms. The van der Waals surface area contributed by atoms with Crippen molar-refractivity contribution in [2.75, 3.05) is 6.54 Å². The van der Waals surface area contributed by atoms with Gasteiger partial charge in [-0.15, -0.1) is 0 Å². The van der Waals surface area contributed by atoms with Crippen LogP contribution in [-0.4, -0.2) is 23.5 Å². The molecule has 0 aliphatic heterocycles. The number of amides is 1. The summed E-state index contributed by atoms with van der Waals surface area (Å²) in [6.45, 7) is 6.47. The molecule has 0 radical (unpaired) electrons. The summed E-state index contributed by atoms with van der Waals surface area (Å²) >= 11 is 0. The predicted molar refractivity (Wildman–Crippen MR) is 70.1 cm³/mol. The number of hydrogen-bond acceptors (Lipinski definition) is 2. The third-order valence-corrected chi connectivity index (χ3v) is 3.68. The molecule has 0 spiro atoms. The summed E-state index contributed by atoms with van der Waals surface area (Å²) in [5.41, 5.74) is 1.14. The van der Waals surface area contributed by atoms with Gasteiger partial charge in [0.1, 0.15) is 0 Å². The summed E-state index contributed by atoms with van der Waals surface area (Å²) in [5.74, 6) is -1.46. The van der Waals surface area contributed by atoms with Crippen LogP contribution in [0.2, 0.25) is 0 Å². The first-order valence-corrected chi connectivity index (χ1v) is 6.59. The second-order valence-corrected chi connectivity index (χ2v) is 5.32. The van der Waals surface area contributed by atoms with Crippen molar-refractivity contribution in [3.05, 3.63) is 11.6 Å². The van der Waals surface area contributed by atoms with Gasteiger partial charge in [-0.3, -0.25) is 9.59 Å². The van der Waals surface area contributed by atoms with E-state index in [1.165, 1.54) is 0 Å². The first-order valence-electron chi connectivity index (χ1n) is 6.59. The Balaban J connectivity index is 2.59. The number of hydrogen-bond donors (Lipinski definition) is 2. The van der Waals surface area contributed by atoms with Gasteiger partial charge >= 0.3 is 5.97 Å². The van der Waals surface area contributed by atoms with Gasteiger partial charge in [-0.2, -0.15) is 0 Å². The van der Waals surface area contributed by atoms with Crippen LogP contribution in [0.1, 0.15) is 40.0 Å². The van der Waals surface area contributed by atoms with Crippen molar-refractivity contribution in [3.8, 4) is 0 Å².